The highest BCUT2D eigenvalue weighted by molar-refractivity contribution is 8.18. The molecule has 0 spiro atoms. The summed E-state index contributed by atoms with van der Waals surface area (Å²) < 4.78 is 5.14. The molecule has 1 saturated heterocycles. The van der Waals surface area contributed by atoms with E-state index in [1.165, 1.54) is 18.9 Å². The number of ether oxygens (including phenoxy) is 1. The van der Waals surface area contributed by atoms with Crippen molar-refractivity contribution >= 4 is 34.6 Å². The third-order valence-corrected chi connectivity index (χ3v) is 5.33. The third-order valence-electron chi connectivity index (χ3n) is 4.32. The van der Waals surface area contributed by atoms with E-state index in [-0.39, 0.29) is 11.7 Å². The number of benzene rings is 2. The summed E-state index contributed by atoms with van der Waals surface area (Å²) in [7, 11) is 1.50. The van der Waals surface area contributed by atoms with Gasteiger partial charge < -0.3 is 9.84 Å². The second kappa shape index (κ2) is 7.88. The number of nitrogens with zero attached hydrogens (tertiary/aromatic N) is 2. The van der Waals surface area contributed by atoms with Crippen LogP contribution >= 0.6 is 11.8 Å². The van der Waals surface area contributed by atoms with Gasteiger partial charge in [-0.3, -0.25) is 9.69 Å². The van der Waals surface area contributed by atoms with Crippen molar-refractivity contribution < 1.29 is 14.6 Å². The maximum absolute atomic E-state index is 12.8. The van der Waals surface area contributed by atoms with Gasteiger partial charge in [-0.05, 0) is 61.9 Å². The number of amidine groups is 1. The van der Waals surface area contributed by atoms with Gasteiger partial charge in [0.05, 0.1) is 17.7 Å². The summed E-state index contributed by atoms with van der Waals surface area (Å²) in [5.41, 5.74) is 3.57. The molecule has 1 aliphatic heterocycles. The lowest BCUT2D eigenvalue weighted by atomic mass is 10.1. The van der Waals surface area contributed by atoms with Gasteiger partial charge in [-0.2, -0.15) is 0 Å². The van der Waals surface area contributed by atoms with E-state index < -0.39 is 0 Å². The third kappa shape index (κ3) is 3.85. The standard InChI is InChI=1S/C21H22N2O3S/c1-5-23-20(25)18(12-15-7-6-8-17(26-4)19(15)24)27-21(23)22-16-11-13(2)9-10-14(16)3/h6-12,24H,5H2,1-4H3/b18-12+,22-21?. The first-order chi connectivity index (χ1) is 12.9. The van der Waals surface area contributed by atoms with Gasteiger partial charge in [0.15, 0.2) is 16.7 Å². The maximum atomic E-state index is 12.8. The molecule has 0 aliphatic carbocycles. The van der Waals surface area contributed by atoms with E-state index in [0.717, 1.165) is 16.8 Å². The predicted molar refractivity (Wildman–Crippen MR) is 111 cm³/mol. The Morgan fingerprint density at radius 2 is 2.04 bits per heavy atom. The van der Waals surface area contributed by atoms with Crippen LogP contribution in [0.25, 0.3) is 6.08 Å². The molecule has 0 aromatic heterocycles. The Kier molecular flexibility index (Phi) is 5.56. The molecule has 6 heteroatoms. The summed E-state index contributed by atoms with van der Waals surface area (Å²) in [5.74, 6) is 0.272. The minimum Gasteiger partial charge on any atom is -0.504 e. The lowest BCUT2D eigenvalue weighted by Gasteiger charge is -2.12. The SMILES string of the molecule is CCN1C(=O)/C(=C\c2cccc(OC)c2O)SC1=Nc1cc(C)ccc1C. The molecule has 1 amide bonds. The topological polar surface area (TPSA) is 62.1 Å². The van der Waals surface area contributed by atoms with Crippen molar-refractivity contribution in [3.8, 4) is 11.5 Å². The molecule has 1 N–H and O–H groups in total. The molecule has 0 atom stereocenters. The van der Waals surface area contributed by atoms with Crippen LogP contribution in [-0.2, 0) is 4.79 Å². The van der Waals surface area contributed by atoms with Gasteiger partial charge in [0, 0.05) is 12.1 Å². The molecule has 2 aromatic rings. The Hall–Kier alpha value is -2.73. The minimum atomic E-state index is -0.117. The van der Waals surface area contributed by atoms with Gasteiger partial charge in [-0.25, -0.2) is 4.99 Å². The quantitative estimate of drug-likeness (QED) is 0.783. The fourth-order valence-corrected chi connectivity index (χ4v) is 3.82. The number of carbonyl (C=O) groups is 1. The van der Waals surface area contributed by atoms with E-state index >= 15 is 0 Å². The van der Waals surface area contributed by atoms with Crippen LogP contribution in [0.4, 0.5) is 5.69 Å². The summed E-state index contributed by atoms with van der Waals surface area (Å²) >= 11 is 1.31. The molecule has 0 saturated carbocycles. The van der Waals surface area contributed by atoms with Crippen molar-refractivity contribution in [3.63, 3.8) is 0 Å². The summed E-state index contributed by atoms with van der Waals surface area (Å²) in [6, 6.07) is 11.3. The summed E-state index contributed by atoms with van der Waals surface area (Å²) in [6.45, 7) is 6.46. The number of hydrogen-bond donors (Lipinski definition) is 1. The normalized spacial score (nSPS) is 17.2. The van der Waals surface area contributed by atoms with Crippen molar-refractivity contribution in [2.24, 2.45) is 4.99 Å². The van der Waals surface area contributed by atoms with Crippen LogP contribution in [0.1, 0.15) is 23.6 Å². The molecule has 0 radical (unpaired) electrons. The zero-order chi connectivity index (χ0) is 19.6. The number of amides is 1. The van der Waals surface area contributed by atoms with Crippen LogP contribution in [0.5, 0.6) is 11.5 Å². The minimum absolute atomic E-state index is 0.0175. The van der Waals surface area contributed by atoms with Crippen molar-refractivity contribution in [2.75, 3.05) is 13.7 Å². The molecule has 0 bridgehead atoms. The Morgan fingerprint density at radius 1 is 1.26 bits per heavy atom. The van der Waals surface area contributed by atoms with E-state index in [1.54, 1.807) is 29.2 Å². The number of rotatable bonds is 4. The zero-order valence-electron chi connectivity index (χ0n) is 15.8. The number of para-hydroxylation sites is 1. The number of aromatic hydroxyl groups is 1. The fourth-order valence-electron chi connectivity index (χ4n) is 2.77. The number of carbonyl (C=O) groups excluding carboxylic acids is 1. The van der Waals surface area contributed by atoms with E-state index in [0.29, 0.717) is 27.9 Å². The summed E-state index contributed by atoms with van der Waals surface area (Å²) in [5, 5.41) is 10.9. The van der Waals surface area contributed by atoms with Gasteiger partial charge in [-0.1, -0.05) is 24.3 Å². The van der Waals surface area contributed by atoms with Crippen molar-refractivity contribution in [1.82, 2.24) is 4.90 Å². The van der Waals surface area contributed by atoms with Gasteiger partial charge >= 0.3 is 0 Å². The molecule has 1 fully saturated rings. The van der Waals surface area contributed by atoms with Crippen molar-refractivity contribution in [1.29, 1.82) is 0 Å². The van der Waals surface area contributed by atoms with Crippen LogP contribution < -0.4 is 4.74 Å². The number of phenols is 1. The average molecular weight is 382 g/mol. The highest BCUT2D eigenvalue weighted by Gasteiger charge is 2.32. The highest BCUT2D eigenvalue weighted by Crippen LogP contribution is 2.37. The van der Waals surface area contributed by atoms with Crippen LogP contribution in [0.3, 0.4) is 0 Å². The second-order valence-corrected chi connectivity index (χ2v) is 7.25. The number of thioether (sulfide) groups is 1. The molecule has 1 heterocycles. The first-order valence-corrected chi connectivity index (χ1v) is 9.49. The van der Waals surface area contributed by atoms with Crippen LogP contribution in [0.15, 0.2) is 46.3 Å². The lowest BCUT2D eigenvalue weighted by Crippen LogP contribution is -2.28. The number of hydrogen-bond acceptors (Lipinski definition) is 5. The van der Waals surface area contributed by atoms with Crippen LogP contribution in [-0.4, -0.2) is 34.7 Å². The van der Waals surface area contributed by atoms with E-state index in [2.05, 4.69) is 0 Å². The first kappa shape index (κ1) is 19.0. The van der Waals surface area contributed by atoms with E-state index in [1.807, 2.05) is 39.0 Å². The van der Waals surface area contributed by atoms with E-state index in [9.17, 15) is 9.90 Å². The molecule has 0 unspecified atom stereocenters. The number of aliphatic imine (C=N–C) groups is 1. The second-order valence-electron chi connectivity index (χ2n) is 6.24. The summed E-state index contributed by atoms with van der Waals surface area (Å²) in [4.78, 5) is 19.7. The Bertz CT molecular complexity index is 950. The molecule has 27 heavy (non-hydrogen) atoms. The number of likely N-dealkylation sites (N-methyl/N-ethyl adjacent to an activating group) is 1. The number of phenolic OH excluding ortho intramolecular Hbond substituents is 1. The van der Waals surface area contributed by atoms with Crippen LogP contribution in [0.2, 0.25) is 0 Å². The number of methoxy groups -OCH3 is 1. The zero-order valence-corrected chi connectivity index (χ0v) is 16.6. The molecular weight excluding hydrogens is 360 g/mol. The predicted octanol–water partition coefficient (Wildman–Crippen LogP) is 4.64. The molecule has 1 aliphatic rings. The largest absolute Gasteiger partial charge is 0.504 e. The van der Waals surface area contributed by atoms with Gasteiger partial charge in [0.25, 0.3) is 5.91 Å². The Labute approximate surface area is 163 Å². The molecule has 2 aromatic carbocycles. The van der Waals surface area contributed by atoms with Gasteiger partial charge in [0.2, 0.25) is 0 Å². The maximum Gasteiger partial charge on any atom is 0.266 e. The van der Waals surface area contributed by atoms with Crippen LogP contribution in [0, 0.1) is 13.8 Å². The Morgan fingerprint density at radius 3 is 2.74 bits per heavy atom. The van der Waals surface area contributed by atoms with Crippen molar-refractivity contribution in [3.05, 3.63) is 58.0 Å². The molecule has 5 nitrogen and oxygen atoms in total. The Balaban J connectivity index is 2.00. The van der Waals surface area contributed by atoms with E-state index in [4.69, 9.17) is 9.73 Å². The van der Waals surface area contributed by atoms with Crippen molar-refractivity contribution in [2.45, 2.75) is 20.8 Å². The smallest absolute Gasteiger partial charge is 0.266 e. The van der Waals surface area contributed by atoms with Gasteiger partial charge in [-0.15, -0.1) is 0 Å². The molecular formula is C21H22N2O3S. The molecule has 3 rings (SSSR count). The first-order valence-electron chi connectivity index (χ1n) is 8.68. The fraction of sp³-hybridized carbons (Fsp3) is 0.238. The molecule has 140 valence electrons. The average Bonchev–Trinajstić information content (AvgIpc) is 2.94. The van der Waals surface area contributed by atoms with Gasteiger partial charge in [0.1, 0.15) is 0 Å². The monoisotopic (exact) mass is 382 g/mol. The lowest BCUT2D eigenvalue weighted by molar-refractivity contribution is -0.122. The highest BCUT2D eigenvalue weighted by atomic mass is 32.2. The number of aryl methyl sites for hydroxylation is 2. The summed E-state index contributed by atoms with van der Waals surface area (Å²) in [6.07, 6.45) is 1.68.